The van der Waals surface area contributed by atoms with Crippen molar-refractivity contribution in [1.82, 2.24) is 9.97 Å². The molecule has 1 saturated carbocycles. The van der Waals surface area contributed by atoms with E-state index in [0.717, 1.165) is 11.6 Å². The minimum absolute atomic E-state index is 0.298. The zero-order valence-corrected chi connectivity index (χ0v) is 12.5. The quantitative estimate of drug-likeness (QED) is 0.874. The van der Waals surface area contributed by atoms with Gasteiger partial charge in [-0.1, -0.05) is 34.1 Å². The summed E-state index contributed by atoms with van der Waals surface area (Å²) in [5.74, 6) is 2.54. The van der Waals surface area contributed by atoms with E-state index < -0.39 is 0 Å². The van der Waals surface area contributed by atoms with Gasteiger partial charge in [0.1, 0.15) is 17.5 Å². The highest BCUT2D eigenvalue weighted by molar-refractivity contribution is 5.45. The van der Waals surface area contributed by atoms with E-state index in [-0.39, 0.29) is 0 Å². The summed E-state index contributed by atoms with van der Waals surface area (Å²) in [4.78, 5) is 8.85. The van der Waals surface area contributed by atoms with Crippen molar-refractivity contribution in [2.24, 2.45) is 5.41 Å². The average Bonchev–Trinajstić information content (AvgIpc) is 2.26. The zero-order valence-electron chi connectivity index (χ0n) is 12.5. The first-order valence-electron chi connectivity index (χ1n) is 7.27. The predicted octanol–water partition coefficient (Wildman–Crippen LogP) is 3.56. The van der Waals surface area contributed by atoms with Crippen molar-refractivity contribution < 1.29 is 0 Å². The van der Waals surface area contributed by atoms with Crippen LogP contribution in [-0.4, -0.2) is 16.0 Å². The number of rotatable bonds is 3. The van der Waals surface area contributed by atoms with Gasteiger partial charge < -0.3 is 11.1 Å². The van der Waals surface area contributed by atoms with Gasteiger partial charge in [-0.2, -0.15) is 0 Å². The minimum Gasteiger partial charge on any atom is -0.384 e. The number of nitrogens with one attached hydrogen (secondary N) is 1. The van der Waals surface area contributed by atoms with Gasteiger partial charge in [-0.25, -0.2) is 9.97 Å². The number of nitrogens with two attached hydrogens (primary N) is 1. The molecular weight excluding hydrogens is 236 g/mol. The topological polar surface area (TPSA) is 63.8 Å². The molecule has 4 heteroatoms. The number of hydrogen-bond acceptors (Lipinski definition) is 4. The van der Waals surface area contributed by atoms with E-state index in [1.807, 2.05) is 6.07 Å². The van der Waals surface area contributed by atoms with Crippen LogP contribution in [0.5, 0.6) is 0 Å². The van der Waals surface area contributed by atoms with E-state index in [4.69, 9.17) is 5.73 Å². The van der Waals surface area contributed by atoms with Gasteiger partial charge in [-0.05, 0) is 24.7 Å². The van der Waals surface area contributed by atoms with Crippen molar-refractivity contribution in [1.29, 1.82) is 0 Å². The van der Waals surface area contributed by atoms with E-state index in [1.54, 1.807) is 0 Å². The molecule has 1 aliphatic rings. The fourth-order valence-corrected chi connectivity index (χ4v) is 2.85. The SMILES string of the molecule is CC(C)c1nc(N)cc(NC2CCCC(C)(C)C2)n1. The van der Waals surface area contributed by atoms with Gasteiger partial charge >= 0.3 is 0 Å². The lowest BCUT2D eigenvalue weighted by atomic mass is 9.75. The zero-order chi connectivity index (χ0) is 14.0. The molecule has 0 aromatic carbocycles. The summed E-state index contributed by atoms with van der Waals surface area (Å²) in [6.45, 7) is 8.86. The third-order valence-corrected chi connectivity index (χ3v) is 3.84. The van der Waals surface area contributed by atoms with Gasteiger partial charge in [0, 0.05) is 18.0 Å². The van der Waals surface area contributed by atoms with Crippen molar-refractivity contribution in [3.8, 4) is 0 Å². The molecule has 3 N–H and O–H groups in total. The third kappa shape index (κ3) is 3.82. The average molecular weight is 262 g/mol. The second-order valence-corrected chi connectivity index (χ2v) is 6.79. The normalized spacial score (nSPS) is 22.5. The maximum atomic E-state index is 5.86. The van der Waals surface area contributed by atoms with E-state index >= 15 is 0 Å². The van der Waals surface area contributed by atoms with Crippen LogP contribution in [0.15, 0.2) is 6.07 Å². The highest BCUT2D eigenvalue weighted by Crippen LogP contribution is 2.36. The van der Waals surface area contributed by atoms with Crippen LogP contribution in [0.2, 0.25) is 0 Å². The number of aromatic nitrogens is 2. The largest absolute Gasteiger partial charge is 0.384 e. The maximum Gasteiger partial charge on any atom is 0.135 e. The molecule has 1 aromatic heterocycles. The van der Waals surface area contributed by atoms with Crippen LogP contribution in [0.1, 0.15) is 65.1 Å². The van der Waals surface area contributed by atoms with Gasteiger partial charge in [0.05, 0.1) is 0 Å². The van der Waals surface area contributed by atoms with Crippen molar-refractivity contribution in [2.75, 3.05) is 11.1 Å². The molecule has 4 nitrogen and oxygen atoms in total. The number of nitrogens with zero attached hydrogens (tertiary/aromatic N) is 2. The van der Waals surface area contributed by atoms with Crippen LogP contribution in [0.25, 0.3) is 0 Å². The Morgan fingerprint density at radius 1 is 1.37 bits per heavy atom. The van der Waals surface area contributed by atoms with Gasteiger partial charge in [-0.3, -0.25) is 0 Å². The molecule has 0 bridgehead atoms. The van der Waals surface area contributed by atoms with Gasteiger partial charge in [-0.15, -0.1) is 0 Å². The lowest BCUT2D eigenvalue weighted by molar-refractivity contribution is 0.229. The first-order chi connectivity index (χ1) is 8.85. The van der Waals surface area contributed by atoms with Crippen molar-refractivity contribution >= 4 is 11.6 Å². The van der Waals surface area contributed by atoms with E-state index in [2.05, 4.69) is 43.0 Å². The lowest BCUT2D eigenvalue weighted by Crippen LogP contribution is -2.32. The second kappa shape index (κ2) is 5.35. The van der Waals surface area contributed by atoms with Crippen LogP contribution in [0.4, 0.5) is 11.6 Å². The predicted molar refractivity (Wildman–Crippen MR) is 80.2 cm³/mol. The molecule has 0 radical (unpaired) electrons. The Hall–Kier alpha value is -1.32. The molecule has 19 heavy (non-hydrogen) atoms. The minimum atomic E-state index is 0.298. The summed E-state index contributed by atoms with van der Waals surface area (Å²) in [5.41, 5.74) is 6.29. The molecule has 1 unspecified atom stereocenters. The summed E-state index contributed by atoms with van der Waals surface area (Å²) in [6, 6.07) is 2.34. The monoisotopic (exact) mass is 262 g/mol. The molecule has 0 amide bonds. The van der Waals surface area contributed by atoms with Gasteiger partial charge in [0.2, 0.25) is 0 Å². The summed E-state index contributed by atoms with van der Waals surface area (Å²) >= 11 is 0. The van der Waals surface area contributed by atoms with Crippen molar-refractivity contribution in [3.05, 3.63) is 11.9 Å². The molecule has 0 saturated heterocycles. The van der Waals surface area contributed by atoms with E-state index in [1.165, 1.54) is 25.7 Å². The van der Waals surface area contributed by atoms with Crippen LogP contribution < -0.4 is 11.1 Å². The standard InChI is InChI=1S/C15H26N4/c1-10(2)14-18-12(16)8-13(19-14)17-11-6-5-7-15(3,4)9-11/h8,10-11H,5-7,9H2,1-4H3,(H3,16,17,18,19). The number of anilines is 2. The Morgan fingerprint density at radius 2 is 2.11 bits per heavy atom. The molecule has 2 rings (SSSR count). The maximum absolute atomic E-state index is 5.86. The van der Waals surface area contributed by atoms with E-state index in [9.17, 15) is 0 Å². The van der Waals surface area contributed by atoms with Gasteiger partial charge in [0.25, 0.3) is 0 Å². The Bertz CT molecular complexity index is 440. The number of nitrogen functional groups attached to an aromatic ring is 1. The number of hydrogen-bond donors (Lipinski definition) is 2. The third-order valence-electron chi connectivity index (χ3n) is 3.84. The van der Waals surface area contributed by atoms with Crippen LogP contribution >= 0.6 is 0 Å². The summed E-state index contributed by atoms with van der Waals surface area (Å²) < 4.78 is 0. The Balaban J connectivity index is 2.10. The van der Waals surface area contributed by atoms with E-state index in [0.29, 0.717) is 23.2 Å². The molecule has 1 aliphatic carbocycles. The van der Waals surface area contributed by atoms with Crippen LogP contribution in [0, 0.1) is 5.41 Å². The van der Waals surface area contributed by atoms with Crippen LogP contribution in [0.3, 0.4) is 0 Å². The molecule has 1 heterocycles. The van der Waals surface area contributed by atoms with Gasteiger partial charge in [0.15, 0.2) is 0 Å². The molecule has 1 atom stereocenters. The lowest BCUT2D eigenvalue weighted by Gasteiger charge is -2.35. The first-order valence-corrected chi connectivity index (χ1v) is 7.27. The smallest absolute Gasteiger partial charge is 0.135 e. The van der Waals surface area contributed by atoms with Crippen molar-refractivity contribution in [2.45, 2.75) is 65.3 Å². The Morgan fingerprint density at radius 3 is 2.74 bits per heavy atom. The fourth-order valence-electron chi connectivity index (χ4n) is 2.85. The van der Waals surface area contributed by atoms with Crippen LogP contribution in [-0.2, 0) is 0 Å². The highest BCUT2D eigenvalue weighted by Gasteiger charge is 2.28. The fraction of sp³-hybridized carbons (Fsp3) is 0.733. The first kappa shape index (κ1) is 14.1. The second-order valence-electron chi connectivity index (χ2n) is 6.79. The van der Waals surface area contributed by atoms with Crippen molar-refractivity contribution in [3.63, 3.8) is 0 Å². The molecule has 0 aliphatic heterocycles. The highest BCUT2D eigenvalue weighted by atomic mass is 15.1. The molecule has 1 aromatic rings. The Labute approximate surface area is 116 Å². The molecular formula is C15H26N4. The summed E-state index contributed by atoms with van der Waals surface area (Å²) in [7, 11) is 0. The Kier molecular flexibility index (Phi) is 3.97. The molecule has 0 spiro atoms. The summed E-state index contributed by atoms with van der Waals surface area (Å²) in [5, 5.41) is 3.54. The summed E-state index contributed by atoms with van der Waals surface area (Å²) in [6.07, 6.45) is 4.99. The molecule has 106 valence electrons. The molecule has 1 fully saturated rings.